The van der Waals surface area contributed by atoms with Crippen molar-refractivity contribution in [2.75, 3.05) is 11.1 Å². The molecule has 2 aromatic heterocycles. The van der Waals surface area contributed by atoms with Crippen molar-refractivity contribution in [3.8, 4) is 11.3 Å². The summed E-state index contributed by atoms with van der Waals surface area (Å²) in [5.74, 6) is -1.43. The Morgan fingerprint density at radius 1 is 1.28 bits per heavy atom. The number of hydrogen-bond donors (Lipinski definition) is 2. The van der Waals surface area contributed by atoms with Crippen molar-refractivity contribution in [2.24, 2.45) is 0 Å². The summed E-state index contributed by atoms with van der Waals surface area (Å²) in [5.41, 5.74) is 6.03. The Morgan fingerprint density at radius 2 is 1.96 bits per heavy atom. The lowest BCUT2D eigenvalue weighted by Crippen LogP contribution is -2.07. The third kappa shape index (κ3) is 2.72. The monoisotopic (exact) mass is 360 g/mol. The van der Waals surface area contributed by atoms with Crippen LogP contribution in [0.1, 0.15) is 29.4 Å². The highest BCUT2D eigenvalue weighted by Gasteiger charge is 2.26. The smallest absolute Gasteiger partial charge is 0.224 e. The zero-order valence-electron chi connectivity index (χ0n) is 13.3. The number of thiophene rings is 1. The van der Waals surface area contributed by atoms with E-state index in [1.165, 1.54) is 13.0 Å². The first-order valence-corrected chi connectivity index (χ1v) is 8.59. The molecule has 0 radical (unpaired) electrons. The maximum Gasteiger partial charge on any atom is 0.224 e. The second kappa shape index (κ2) is 5.73. The number of ketones is 1. The van der Waals surface area contributed by atoms with Crippen LogP contribution < -0.4 is 11.1 Å². The largest absolute Gasteiger partial charge is 0.397 e. The predicted molar refractivity (Wildman–Crippen MR) is 93.8 cm³/mol. The third-order valence-electron chi connectivity index (χ3n) is 4.02. The fraction of sp³-hybridized carbons (Fsp3) is 0.235. The van der Waals surface area contributed by atoms with Crippen LogP contribution in [0, 0.1) is 11.6 Å². The minimum absolute atomic E-state index is 0.0602. The number of nitrogen functional groups attached to an aromatic ring is 1. The highest BCUT2D eigenvalue weighted by molar-refractivity contribution is 7.21. The lowest BCUT2D eigenvalue weighted by Gasteiger charge is -2.10. The topological polar surface area (TPSA) is 80.9 Å². The number of nitrogens with zero attached hydrogens (tertiary/aromatic N) is 2. The van der Waals surface area contributed by atoms with Crippen molar-refractivity contribution in [2.45, 2.75) is 25.8 Å². The average Bonchev–Trinajstić information content (AvgIpc) is 3.29. The van der Waals surface area contributed by atoms with Crippen LogP contribution in [0.3, 0.4) is 0 Å². The summed E-state index contributed by atoms with van der Waals surface area (Å²) >= 11 is 1.10. The van der Waals surface area contributed by atoms with Crippen molar-refractivity contribution in [3.63, 3.8) is 0 Å². The van der Waals surface area contributed by atoms with Gasteiger partial charge in [-0.25, -0.2) is 18.7 Å². The molecule has 0 amide bonds. The molecule has 0 unspecified atom stereocenters. The van der Waals surface area contributed by atoms with E-state index in [9.17, 15) is 13.6 Å². The Balaban J connectivity index is 2.04. The molecule has 25 heavy (non-hydrogen) atoms. The molecule has 8 heteroatoms. The van der Waals surface area contributed by atoms with Gasteiger partial charge in [0.1, 0.15) is 16.5 Å². The quantitative estimate of drug-likeness (QED) is 0.688. The Bertz CT molecular complexity index is 993. The molecule has 1 saturated carbocycles. The van der Waals surface area contributed by atoms with Gasteiger partial charge in [-0.05, 0) is 25.0 Å². The summed E-state index contributed by atoms with van der Waals surface area (Å²) in [6, 6.07) is 3.87. The number of aromatic nitrogens is 2. The van der Waals surface area contributed by atoms with Crippen LogP contribution in [0.2, 0.25) is 0 Å². The molecule has 1 fully saturated rings. The van der Waals surface area contributed by atoms with Gasteiger partial charge in [-0.1, -0.05) is 6.07 Å². The number of carbonyl (C=O) groups is 1. The van der Waals surface area contributed by atoms with Crippen LogP contribution in [0.5, 0.6) is 0 Å². The maximum absolute atomic E-state index is 14.3. The molecular weight excluding hydrogens is 346 g/mol. The lowest BCUT2D eigenvalue weighted by molar-refractivity contribution is 0.102. The van der Waals surface area contributed by atoms with Gasteiger partial charge in [-0.15, -0.1) is 11.3 Å². The van der Waals surface area contributed by atoms with E-state index >= 15 is 0 Å². The van der Waals surface area contributed by atoms with Crippen LogP contribution in [0.15, 0.2) is 18.2 Å². The highest BCUT2D eigenvalue weighted by atomic mass is 32.1. The fourth-order valence-corrected chi connectivity index (χ4v) is 3.65. The second-order valence-electron chi connectivity index (χ2n) is 5.99. The van der Waals surface area contributed by atoms with Gasteiger partial charge in [0.2, 0.25) is 5.95 Å². The second-order valence-corrected chi connectivity index (χ2v) is 6.99. The molecule has 1 aliphatic rings. The van der Waals surface area contributed by atoms with Crippen molar-refractivity contribution in [1.29, 1.82) is 0 Å². The van der Waals surface area contributed by atoms with Gasteiger partial charge < -0.3 is 11.1 Å². The van der Waals surface area contributed by atoms with E-state index in [2.05, 4.69) is 15.3 Å². The number of rotatable bonds is 4. The zero-order chi connectivity index (χ0) is 17.7. The molecule has 1 aliphatic carbocycles. The van der Waals surface area contributed by atoms with E-state index in [0.717, 1.165) is 36.3 Å². The molecule has 5 nitrogen and oxygen atoms in total. The number of nitrogens with two attached hydrogens (primary N) is 1. The van der Waals surface area contributed by atoms with E-state index < -0.39 is 11.6 Å². The number of Topliss-reactive ketones (excluding diaryl/α,β-unsaturated/α-hetero) is 1. The minimum atomic E-state index is -0.743. The summed E-state index contributed by atoms with van der Waals surface area (Å²) in [7, 11) is 0. The Kier molecular flexibility index (Phi) is 3.64. The first-order valence-electron chi connectivity index (χ1n) is 7.77. The Hall–Kier alpha value is -2.61. The Labute approximate surface area is 145 Å². The standard InChI is InChI=1S/C17H14F2N4OS/c1-7(24)15-13(20)12-14(11-9(18)3-2-4-10(11)19)22-17(21-8-5-6-8)23-16(12)25-15/h2-4,8H,5-6,20H2,1H3,(H,21,22,23). The van der Waals surface area contributed by atoms with E-state index in [1.54, 1.807) is 0 Å². The first-order chi connectivity index (χ1) is 12.0. The maximum atomic E-state index is 14.3. The Morgan fingerprint density at radius 3 is 2.56 bits per heavy atom. The van der Waals surface area contributed by atoms with Gasteiger partial charge in [0.25, 0.3) is 0 Å². The van der Waals surface area contributed by atoms with Gasteiger partial charge in [0.15, 0.2) is 5.78 Å². The van der Waals surface area contributed by atoms with E-state index in [0.29, 0.717) is 15.1 Å². The number of anilines is 2. The van der Waals surface area contributed by atoms with Gasteiger partial charge >= 0.3 is 0 Å². The van der Waals surface area contributed by atoms with Gasteiger partial charge in [-0.2, -0.15) is 0 Å². The zero-order valence-corrected chi connectivity index (χ0v) is 14.1. The van der Waals surface area contributed by atoms with Crippen LogP contribution in [0.4, 0.5) is 20.4 Å². The molecular formula is C17H14F2N4OS. The molecule has 0 atom stereocenters. The predicted octanol–water partition coefficient (Wildman–Crippen LogP) is 4.00. The normalized spacial score (nSPS) is 14.0. The van der Waals surface area contributed by atoms with Crippen molar-refractivity contribution >= 4 is 39.0 Å². The average molecular weight is 360 g/mol. The summed E-state index contributed by atoms with van der Waals surface area (Å²) in [6.45, 7) is 1.39. The summed E-state index contributed by atoms with van der Waals surface area (Å²) in [6.07, 6.45) is 1.99. The van der Waals surface area contributed by atoms with Crippen LogP contribution >= 0.6 is 11.3 Å². The number of hydrogen-bond acceptors (Lipinski definition) is 6. The summed E-state index contributed by atoms with van der Waals surface area (Å²) in [5, 5.41) is 3.43. The number of halogens is 2. The molecule has 0 spiro atoms. The number of fused-ring (bicyclic) bond motifs is 1. The molecule has 2 heterocycles. The van der Waals surface area contributed by atoms with Crippen molar-refractivity contribution < 1.29 is 13.6 Å². The fourth-order valence-electron chi connectivity index (χ4n) is 2.66. The van der Waals surface area contributed by atoms with E-state index in [4.69, 9.17) is 5.73 Å². The van der Waals surface area contributed by atoms with Crippen LogP contribution in [-0.2, 0) is 0 Å². The molecule has 0 saturated heterocycles. The lowest BCUT2D eigenvalue weighted by atomic mass is 10.1. The first kappa shape index (κ1) is 15.9. The van der Waals surface area contributed by atoms with E-state index in [1.807, 2.05) is 0 Å². The summed E-state index contributed by atoms with van der Waals surface area (Å²) in [4.78, 5) is 21.3. The number of carbonyl (C=O) groups excluding carboxylic acids is 1. The summed E-state index contributed by atoms with van der Waals surface area (Å²) < 4.78 is 28.7. The van der Waals surface area contributed by atoms with Crippen LogP contribution in [-0.4, -0.2) is 21.8 Å². The molecule has 1 aromatic carbocycles. The minimum Gasteiger partial charge on any atom is -0.397 e. The van der Waals surface area contributed by atoms with Gasteiger partial charge in [0, 0.05) is 13.0 Å². The van der Waals surface area contributed by atoms with E-state index in [-0.39, 0.29) is 34.7 Å². The SMILES string of the molecule is CC(=O)c1sc2nc(NC3CC3)nc(-c3c(F)cccc3F)c2c1N. The van der Waals surface area contributed by atoms with Gasteiger partial charge in [-0.3, -0.25) is 4.79 Å². The van der Waals surface area contributed by atoms with Crippen molar-refractivity contribution in [3.05, 3.63) is 34.7 Å². The van der Waals surface area contributed by atoms with Crippen LogP contribution in [0.25, 0.3) is 21.5 Å². The van der Waals surface area contributed by atoms with Gasteiger partial charge in [0.05, 0.1) is 27.2 Å². The molecule has 3 aromatic rings. The molecule has 0 aliphatic heterocycles. The molecule has 0 bridgehead atoms. The highest BCUT2D eigenvalue weighted by Crippen LogP contribution is 2.41. The molecule has 4 rings (SSSR count). The van der Waals surface area contributed by atoms with Crippen molar-refractivity contribution in [1.82, 2.24) is 9.97 Å². The number of benzene rings is 1. The molecule has 3 N–H and O–H groups in total. The number of nitrogens with one attached hydrogen (secondary N) is 1. The third-order valence-corrected chi connectivity index (χ3v) is 5.22. The molecule has 128 valence electrons.